The van der Waals surface area contributed by atoms with Crippen LogP contribution in [0.15, 0.2) is 24.3 Å². The lowest BCUT2D eigenvalue weighted by atomic mass is 10.1. The summed E-state index contributed by atoms with van der Waals surface area (Å²) in [5.41, 5.74) is 1.22. The van der Waals surface area contributed by atoms with E-state index < -0.39 is 0 Å². The summed E-state index contributed by atoms with van der Waals surface area (Å²) in [7, 11) is 0. The molecule has 2 rings (SSSR count). The number of hydrogen-bond donors (Lipinski definition) is 1. The van der Waals surface area contributed by atoms with E-state index in [1.165, 1.54) is 12.0 Å². The SMILES string of the molecule is CC(Cc1ccc(F)cc1)N1CCCNCC1. The highest BCUT2D eigenvalue weighted by atomic mass is 19.1. The highest BCUT2D eigenvalue weighted by Gasteiger charge is 2.15. The Kier molecular flexibility index (Phi) is 4.51. The fraction of sp³-hybridized carbons (Fsp3) is 0.571. The number of halogens is 1. The zero-order chi connectivity index (χ0) is 12.1. The van der Waals surface area contributed by atoms with E-state index in [9.17, 15) is 4.39 Å². The minimum absolute atomic E-state index is 0.152. The third kappa shape index (κ3) is 3.79. The standard InChI is InChI=1S/C14H21FN2/c1-12(17-9-2-7-16-8-10-17)11-13-3-5-14(15)6-4-13/h3-6,12,16H,2,7-11H2,1H3. The van der Waals surface area contributed by atoms with Crippen LogP contribution in [0.1, 0.15) is 18.9 Å². The average molecular weight is 236 g/mol. The van der Waals surface area contributed by atoms with Crippen LogP contribution in [0.25, 0.3) is 0 Å². The molecule has 0 bridgehead atoms. The quantitative estimate of drug-likeness (QED) is 0.864. The van der Waals surface area contributed by atoms with Crippen molar-refractivity contribution in [2.75, 3.05) is 26.2 Å². The predicted molar refractivity (Wildman–Crippen MR) is 68.6 cm³/mol. The van der Waals surface area contributed by atoms with Gasteiger partial charge in [-0.25, -0.2) is 4.39 Å². The monoisotopic (exact) mass is 236 g/mol. The molecule has 1 N–H and O–H groups in total. The molecule has 1 aromatic rings. The molecule has 0 spiro atoms. The molecule has 0 aromatic heterocycles. The Bertz CT molecular complexity index is 329. The molecular formula is C14H21FN2. The molecule has 1 aliphatic rings. The van der Waals surface area contributed by atoms with Crippen molar-refractivity contribution < 1.29 is 4.39 Å². The Morgan fingerprint density at radius 1 is 1.24 bits per heavy atom. The smallest absolute Gasteiger partial charge is 0.123 e. The van der Waals surface area contributed by atoms with Crippen LogP contribution in [0.3, 0.4) is 0 Å². The molecule has 1 saturated heterocycles. The molecule has 0 amide bonds. The second-order valence-corrected chi connectivity index (χ2v) is 4.82. The number of nitrogens with one attached hydrogen (secondary N) is 1. The van der Waals surface area contributed by atoms with Crippen molar-refractivity contribution in [2.45, 2.75) is 25.8 Å². The minimum atomic E-state index is -0.152. The summed E-state index contributed by atoms with van der Waals surface area (Å²) in [4.78, 5) is 2.52. The first-order chi connectivity index (χ1) is 8.25. The topological polar surface area (TPSA) is 15.3 Å². The summed E-state index contributed by atoms with van der Waals surface area (Å²) in [6, 6.07) is 7.40. The van der Waals surface area contributed by atoms with Gasteiger partial charge < -0.3 is 5.32 Å². The van der Waals surface area contributed by atoms with Gasteiger partial charge in [-0.1, -0.05) is 12.1 Å². The number of rotatable bonds is 3. The summed E-state index contributed by atoms with van der Waals surface area (Å²) >= 11 is 0. The second kappa shape index (κ2) is 6.12. The van der Waals surface area contributed by atoms with Gasteiger partial charge in [-0.05, 0) is 50.6 Å². The van der Waals surface area contributed by atoms with Crippen molar-refractivity contribution in [2.24, 2.45) is 0 Å². The molecule has 1 fully saturated rings. The van der Waals surface area contributed by atoms with Crippen molar-refractivity contribution in [3.8, 4) is 0 Å². The van der Waals surface area contributed by atoms with Gasteiger partial charge in [0.25, 0.3) is 0 Å². The number of nitrogens with zero attached hydrogens (tertiary/aromatic N) is 1. The third-order valence-corrected chi connectivity index (χ3v) is 3.44. The minimum Gasteiger partial charge on any atom is -0.315 e. The maximum absolute atomic E-state index is 12.8. The average Bonchev–Trinajstić information content (AvgIpc) is 2.61. The van der Waals surface area contributed by atoms with Gasteiger partial charge in [-0.15, -0.1) is 0 Å². The lowest BCUT2D eigenvalue weighted by molar-refractivity contribution is 0.221. The van der Waals surface area contributed by atoms with Gasteiger partial charge in [-0.2, -0.15) is 0 Å². The van der Waals surface area contributed by atoms with Crippen molar-refractivity contribution in [3.63, 3.8) is 0 Å². The van der Waals surface area contributed by atoms with Gasteiger partial charge in [0.1, 0.15) is 5.82 Å². The normalized spacial score (nSPS) is 19.9. The molecule has 0 saturated carbocycles. The Labute approximate surface area is 103 Å². The van der Waals surface area contributed by atoms with E-state index >= 15 is 0 Å². The lowest BCUT2D eigenvalue weighted by Crippen LogP contribution is -2.37. The number of benzene rings is 1. The fourth-order valence-corrected chi connectivity index (χ4v) is 2.40. The van der Waals surface area contributed by atoms with E-state index in [4.69, 9.17) is 0 Å². The number of hydrogen-bond acceptors (Lipinski definition) is 2. The van der Waals surface area contributed by atoms with Gasteiger partial charge in [0.15, 0.2) is 0 Å². The molecule has 94 valence electrons. The molecule has 3 heteroatoms. The largest absolute Gasteiger partial charge is 0.315 e. The first-order valence-electron chi connectivity index (χ1n) is 6.45. The Morgan fingerprint density at radius 2 is 2.00 bits per heavy atom. The van der Waals surface area contributed by atoms with Gasteiger partial charge >= 0.3 is 0 Å². The van der Waals surface area contributed by atoms with Crippen LogP contribution in [-0.2, 0) is 6.42 Å². The van der Waals surface area contributed by atoms with E-state index in [2.05, 4.69) is 17.1 Å². The predicted octanol–water partition coefficient (Wildman–Crippen LogP) is 2.05. The fourth-order valence-electron chi connectivity index (χ4n) is 2.40. The van der Waals surface area contributed by atoms with E-state index in [1.807, 2.05) is 12.1 Å². The van der Waals surface area contributed by atoms with Crippen LogP contribution in [0, 0.1) is 5.82 Å². The molecule has 17 heavy (non-hydrogen) atoms. The zero-order valence-corrected chi connectivity index (χ0v) is 10.5. The van der Waals surface area contributed by atoms with Crippen LogP contribution >= 0.6 is 0 Å². The summed E-state index contributed by atoms with van der Waals surface area (Å²) in [6.07, 6.45) is 2.22. The highest BCUT2D eigenvalue weighted by molar-refractivity contribution is 5.17. The summed E-state index contributed by atoms with van der Waals surface area (Å²) < 4.78 is 12.8. The zero-order valence-electron chi connectivity index (χ0n) is 10.5. The first-order valence-corrected chi connectivity index (χ1v) is 6.45. The van der Waals surface area contributed by atoms with Crippen molar-refractivity contribution >= 4 is 0 Å². The van der Waals surface area contributed by atoms with E-state index in [-0.39, 0.29) is 5.82 Å². The van der Waals surface area contributed by atoms with Crippen LogP contribution in [-0.4, -0.2) is 37.1 Å². The maximum atomic E-state index is 12.8. The first kappa shape index (κ1) is 12.5. The molecule has 1 atom stereocenters. The van der Waals surface area contributed by atoms with E-state index in [0.29, 0.717) is 6.04 Å². The summed E-state index contributed by atoms with van der Waals surface area (Å²) in [5.74, 6) is -0.152. The van der Waals surface area contributed by atoms with Crippen molar-refractivity contribution in [1.29, 1.82) is 0 Å². The summed E-state index contributed by atoms with van der Waals surface area (Å²) in [5, 5.41) is 3.41. The third-order valence-electron chi connectivity index (χ3n) is 3.44. The van der Waals surface area contributed by atoms with Crippen LogP contribution < -0.4 is 5.32 Å². The molecule has 1 unspecified atom stereocenters. The molecule has 1 aromatic carbocycles. The summed E-state index contributed by atoms with van der Waals surface area (Å²) in [6.45, 7) is 6.74. The molecule has 2 nitrogen and oxygen atoms in total. The van der Waals surface area contributed by atoms with Crippen LogP contribution in [0.5, 0.6) is 0 Å². The van der Waals surface area contributed by atoms with E-state index in [1.54, 1.807) is 12.1 Å². The Balaban J connectivity index is 1.90. The molecular weight excluding hydrogens is 215 g/mol. The molecule has 1 aliphatic heterocycles. The van der Waals surface area contributed by atoms with Crippen LogP contribution in [0.2, 0.25) is 0 Å². The molecule has 1 heterocycles. The van der Waals surface area contributed by atoms with Gasteiger partial charge in [0, 0.05) is 19.1 Å². The maximum Gasteiger partial charge on any atom is 0.123 e. The Hall–Kier alpha value is -0.930. The van der Waals surface area contributed by atoms with Crippen LogP contribution in [0.4, 0.5) is 4.39 Å². The molecule has 0 radical (unpaired) electrons. The second-order valence-electron chi connectivity index (χ2n) is 4.82. The van der Waals surface area contributed by atoms with E-state index in [0.717, 1.165) is 32.6 Å². The van der Waals surface area contributed by atoms with Crippen molar-refractivity contribution in [1.82, 2.24) is 10.2 Å². The van der Waals surface area contributed by atoms with Crippen molar-refractivity contribution in [3.05, 3.63) is 35.6 Å². The van der Waals surface area contributed by atoms with Gasteiger partial charge in [0.2, 0.25) is 0 Å². The Morgan fingerprint density at radius 3 is 2.76 bits per heavy atom. The lowest BCUT2D eigenvalue weighted by Gasteiger charge is -2.27. The molecule has 0 aliphatic carbocycles. The van der Waals surface area contributed by atoms with Gasteiger partial charge in [-0.3, -0.25) is 4.90 Å². The van der Waals surface area contributed by atoms with Gasteiger partial charge in [0.05, 0.1) is 0 Å². The highest BCUT2D eigenvalue weighted by Crippen LogP contribution is 2.11.